The van der Waals surface area contributed by atoms with Crippen LogP contribution >= 0.6 is 0 Å². The van der Waals surface area contributed by atoms with E-state index in [1.54, 1.807) is 19.2 Å². The highest BCUT2D eigenvalue weighted by Gasteiger charge is 2.20. The van der Waals surface area contributed by atoms with Crippen molar-refractivity contribution in [2.24, 2.45) is 5.92 Å². The Hall–Kier alpha value is -0.910. The first-order valence-corrected chi connectivity index (χ1v) is 7.48. The Morgan fingerprint density at radius 1 is 1.22 bits per heavy atom. The molecule has 0 saturated carbocycles. The van der Waals surface area contributed by atoms with Gasteiger partial charge in [-0.3, -0.25) is 0 Å². The van der Waals surface area contributed by atoms with Crippen molar-refractivity contribution in [1.82, 2.24) is 4.31 Å². The summed E-state index contributed by atoms with van der Waals surface area (Å²) in [6, 6.07) is 6.33. The van der Waals surface area contributed by atoms with Crippen LogP contribution in [0.2, 0.25) is 0 Å². The third-order valence-corrected chi connectivity index (χ3v) is 4.71. The predicted molar refractivity (Wildman–Crippen MR) is 71.6 cm³/mol. The van der Waals surface area contributed by atoms with Gasteiger partial charge in [0.05, 0.1) is 11.5 Å². The average Bonchev–Trinajstić information content (AvgIpc) is 2.35. The lowest BCUT2D eigenvalue weighted by atomic mass is 10.1. The molecule has 0 aliphatic heterocycles. The van der Waals surface area contributed by atoms with Crippen LogP contribution in [0.1, 0.15) is 25.8 Å². The van der Waals surface area contributed by atoms with Crippen LogP contribution in [0.15, 0.2) is 29.2 Å². The quantitative estimate of drug-likeness (QED) is 0.859. The minimum absolute atomic E-state index is 0.0798. The zero-order valence-corrected chi connectivity index (χ0v) is 11.9. The Bertz CT molecular complexity index is 466. The number of hydrogen-bond donors (Lipinski definition) is 1. The van der Waals surface area contributed by atoms with Crippen molar-refractivity contribution < 1.29 is 13.5 Å². The van der Waals surface area contributed by atoms with E-state index in [1.165, 1.54) is 16.4 Å². The molecule has 0 spiro atoms. The molecular weight excluding hydrogens is 250 g/mol. The van der Waals surface area contributed by atoms with Crippen LogP contribution < -0.4 is 0 Å². The Kier molecular flexibility index (Phi) is 5.31. The van der Waals surface area contributed by atoms with Crippen molar-refractivity contribution in [2.75, 3.05) is 13.6 Å². The van der Waals surface area contributed by atoms with Gasteiger partial charge in [-0.05, 0) is 30.0 Å². The summed E-state index contributed by atoms with van der Waals surface area (Å²) in [6.07, 6.45) is 0.838. The summed E-state index contributed by atoms with van der Waals surface area (Å²) in [5.41, 5.74) is 0.707. The molecule has 0 aliphatic carbocycles. The van der Waals surface area contributed by atoms with Gasteiger partial charge in [0.15, 0.2) is 0 Å². The first-order chi connectivity index (χ1) is 8.37. The standard InChI is InChI=1S/C13H21NO3S/c1-11(2)8-9-14(3)18(16,17)13-6-4-12(10-15)5-7-13/h4-7,11,15H,8-10H2,1-3H3. The molecule has 4 nitrogen and oxygen atoms in total. The molecule has 1 aromatic carbocycles. The summed E-state index contributed by atoms with van der Waals surface area (Å²) in [6.45, 7) is 4.57. The molecule has 0 aromatic heterocycles. The molecule has 0 saturated heterocycles. The van der Waals surface area contributed by atoms with E-state index >= 15 is 0 Å². The average molecular weight is 271 g/mol. The van der Waals surface area contributed by atoms with Crippen LogP contribution in [0, 0.1) is 5.92 Å². The van der Waals surface area contributed by atoms with E-state index in [1.807, 2.05) is 0 Å². The molecule has 102 valence electrons. The first kappa shape index (κ1) is 15.1. The van der Waals surface area contributed by atoms with E-state index in [2.05, 4.69) is 13.8 Å². The molecule has 18 heavy (non-hydrogen) atoms. The fourth-order valence-electron chi connectivity index (χ4n) is 1.51. The van der Waals surface area contributed by atoms with Crippen LogP contribution in [-0.2, 0) is 16.6 Å². The van der Waals surface area contributed by atoms with Crippen molar-refractivity contribution in [2.45, 2.75) is 31.8 Å². The van der Waals surface area contributed by atoms with Crippen molar-refractivity contribution in [3.05, 3.63) is 29.8 Å². The number of aliphatic hydroxyl groups is 1. The Morgan fingerprint density at radius 3 is 2.22 bits per heavy atom. The number of aliphatic hydroxyl groups excluding tert-OH is 1. The maximum absolute atomic E-state index is 12.2. The third kappa shape index (κ3) is 3.80. The summed E-state index contributed by atoms with van der Waals surface area (Å²) in [5, 5.41) is 8.93. The monoisotopic (exact) mass is 271 g/mol. The van der Waals surface area contributed by atoms with E-state index in [-0.39, 0.29) is 11.5 Å². The lowest BCUT2D eigenvalue weighted by Crippen LogP contribution is -2.28. The molecule has 5 heteroatoms. The van der Waals surface area contributed by atoms with E-state index < -0.39 is 10.0 Å². The van der Waals surface area contributed by atoms with Gasteiger partial charge in [-0.15, -0.1) is 0 Å². The van der Waals surface area contributed by atoms with Crippen molar-refractivity contribution >= 4 is 10.0 Å². The van der Waals surface area contributed by atoms with Crippen LogP contribution in [0.3, 0.4) is 0 Å². The zero-order valence-electron chi connectivity index (χ0n) is 11.1. The second kappa shape index (κ2) is 6.31. The van der Waals surface area contributed by atoms with Crippen molar-refractivity contribution in [3.8, 4) is 0 Å². The highest BCUT2D eigenvalue weighted by Crippen LogP contribution is 2.16. The highest BCUT2D eigenvalue weighted by atomic mass is 32.2. The van der Waals surface area contributed by atoms with Crippen molar-refractivity contribution in [3.63, 3.8) is 0 Å². The normalized spacial score (nSPS) is 12.3. The van der Waals surface area contributed by atoms with Crippen LogP contribution in [-0.4, -0.2) is 31.4 Å². The number of rotatable bonds is 6. The summed E-state index contributed by atoms with van der Waals surface area (Å²) in [4.78, 5) is 0.269. The first-order valence-electron chi connectivity index (χ1n) is 6.04. The largest absolute Gasteiger partial charge is 0.392 e. The van der Waals surface area contributed by atoms with Gasteiger partial charge < -0.3 is 5.11 Å². The SMILES string of the molecule is CC(C)CCN(C)S(=O)(=O)c1ccc(CO)cc1. The smallest absolute Gasteiger partial charge is 0.242 e. The fraction of sp³-hybridized carbons (Fsp3) is 0.538. The molecule has 0 fully saturated rings. The Morgan fingerprint density at radius 2 is 1.78 bits per heavy atom. The molecule has 1 aromatic rings. The number of nitrogens with zero attached hydrogens (tertiary/aromatic N) is 1. The molecule has 1 N–H and O–H groups in total. The molecule has 0 radical (unpaired) electrons. The second-order valence-corrected chi connectivity index (χ2v) is 6.86. The molecule has 0 bridgehead atoms. The summed E-state index contributed by atoms with van der Waals surface area (Å²) >= 11 is 0. The topological polar surface area (TPSA) is 57.6 Å². The second-order valence-electron chi connectivity index (χ2n) is 4.81. The van der Waals surface area contributed by atoms with Crippen LogP contribution in [0.5, 0.6) is 0 Å². The molecule has 0 aliphatic rings. The highest BCUT2D eigenvalue weighted by molar-refractivity contribution is 7.89. The summed E-state index contributed by atoms with van der Waals surface area (Å²) in [7, 11) is -1.81. The molecule has 1 rings (SSSR count). The predicted octanol–water partition coefficient (Wildman–Crippen LogP) is 1.85. The summed E-state index contributed by atoms with van der Waals surface area (Å²) < 4.78 is 25.8. The van der Waals surface area contributed by atoms with E-state index in [0.717, 1.165) is 6.42 Å². The van der Waals surface area contributed by atoms with Gasteiger partial charge in [-0.1, -0.05) is 26.0 Å². The lowest BCUT2D eigenvalue weighted by molar-refractivity contribution is 0.281. The molecule has 0 heterocycles. The maximum Gasteiger partial charge on any atom is 0.242 e. The summed E-state index contributed by atoms with van der Waals surface area (Å²) in [5.74, 6) is 0.472. The van der Waals surface area contributed by atoms with Gasteiger partial charge in [0.25, 0.3) is 0 Å². The number of benzene rings is 1. The van der Waals surface area contributed by atoms with Gasteiger partial charge >= 0.3 is 0 Å². The minimum Gasteiger partial charge on any atom is -0.392 e. The van der Waals surface area contributed by atoms with Crippen molar-refractivity contribution in [1.29, 1.82) is 0 Å². The lowest BCUT2D eigenvalue weighted by Gasteiger charge is -2.18. The number of hydrogen-bond acceptors (Lipinski definition) is 3. The van der Waals surface area contributed by atoms with Crippen LogP contribution in [0.4, 0.5) is 0 Å². The molecule has 0 atom stereocenters. The third-order valence-electron chi connectivity index (χ3n) is 2.84. The van der Waals surface area contributed by atoms with E-state index in [9.17, 15) is 8.42 Å². The molecule has 0 unspecified atom stereocenters. The van der Waals surface area contributed by atoms with Gasteiger partial charge in [0, 0.05) is 13.6 Å². The molecular formula is C13H21NO3S. The Labute approximate surface area is 109 Å². The zero-order chi connectivity index (χ0) is 13.8. The Balaban J connectivity index is 2.84. The fourth-order valence-corrected chi connectivity index (χ4v) is 2.69. The van der Waals surface area contributed by atoms with Gasteiger partial charge in [-0.25, -0.2) is 12.7 Å². The number of sulfonamides is 1. The maximum atomic E-state index is 12.2. The van der Waals surface area contributed by atoms with E-state index in [4.69, 9.17) is 5.11 Å². The van der Waals surface area contributed by atoms with Gasteiger partial charge in [0.1, 0.15) is 0 Å². The van der Waals surface area contributed by atoms with Gasteiger partial charge in [-0.2, -0.15) is 0 Å². The minimum atomic E-state index is -3.41. The molecule has 0 amide bonds. The van der Waals surface area contributed by atoms with Gasteiger partial charge in [0.2, 0.25) is 10.0 Å². The van der Waals surface area contributed by atoms with Crippen LogP contribution in [0.25, 0.3) is 0 Å². The van der Waals surface area contributed by atoms with E-state index in [0.29, 0.717) is 18.0 Å².